The van der Waals surface area contributed by atoms with Crippen LogP contribution in [0.1, 0.15) is 36.9 Å². The monoisotopic (exact) mass is 300 g/mol. The summed E-state index contributed by atoms with van der Waals surface area (Å²) in [5.41, 5.74) is 3.74. The Morgan fingerprint density at radius 2 is 2.05 bits per heavy atom. The quantitative estimate of drug-likeness (QED) is 0.845. The van der Waals surface area contributed by atoms with Gasteiger partial charge in [-0.25, -0.2) is 4.98 Å². The maximum absolute atomic E-state index is 5.33. The highest BCUT2D eigenvalue weighted by molar-refractivity contribution is 5.64. The molecule has 0 bridgehead atoms. The van der Waals surface area contributed by atoms with E-state index in [-0.39, 0.29) is 6.01 Å². The molecule has 0 amide bonds. The zero-order chi connectivity index (χ0) is 15.7. The van der Waals surface area contributed by atoms with E-state index in [4.69, 9.17) is 9.47 Å². The van der Waals surface area contributed by atoms with Crippen LogP contribution < -0.4 is 9.47 Å². The van der Waals surface area contributed by atoms with E-state index in [0.717, 1.165) is 22.9 Å². The van der Waals surface area contributed by atoms with Crippen LogP contribution >= 0.6 is 0 Å². The van der Waals surface area contributed by atoms with Crippen molar-refractivity contribution >= 4 is 0 Å². The third-order valence-corrected chi connectivity index (χ3v) is 4.25. The molecule has 1 aliphatic rings. The van der Waals surface area contributed by atoms with Crippen molar-refractivity contribution in [2.75, 3.05) is 14.2 Å². The van der Waals surface area contributed by atoms with E-state index < -0.39 is 0 Å². The second-order valence-corrected chi connectivity index (χ2v) is 5.56. The Morgan fingerprint density at radius 3 is 2.68 bits per heavy atom. The topological polar surface area (TPSA) is 70.0 Å². The number of aryl methyl sites for hydroxylation is 1. The summed E-state index contributed by atoms with van der Waals surface area (Å²) < 4.78 is 10.4. The van der Waals surface area contributed by atoms with Crippen molar-refractivity contribution in [3.8, 4) is 23.1 Å². The molecular weight excluding hydrogens is 280 g/mol. The van der Waals surface area contributed by atoms with Crippen molar-refractivity contribution < 1.29 is 9.47 Å². The molecule has 22 heavy (non-hydrogen) atoms. The zero-order valence-electron chi connectivity index (χ0n) is 13.3. The fourth-order valence-electron chi connectivity index (χ4n) is 2.83. The SMILES string of the molecule is CC[C@H]1C[C@@H]1c1cc(-c2cnc(OC)nc2OC)nnc1C. The van der Waals surface area contributed by atoms with Gasteiger partial charge in [0.1, 0.15) is 5.69 Å². The molecule has 3 rings (SSSR count). The van der Waals surface area contributed by atoms with Gasteiger partial charge in [0, 0.05) is 6.20 Å². The van der Waals surface area contributed by atoms with Crippen molar-refractivity contribution in [2.45, 2.75) is 32.6 Å². The van der Waals surface area contributed by atoms with E-state index >= 15 is 0 Å². The minimum Gasteiger partial charge on any atom is -0.480 e. The normalized spacial score (nSPS) is 19.8. The van der Waals surface area contributed by atoms with E-state index in [1.165, 1.54) is 25.5 Å². The van der Waals surface area contributed by atoms with E-state index in [2.05, 4.69) is 33.2 Å². The van der Waals surface area contributed by atoms with Gasteiger partial charge >= 0.3 is 6.01 Å². The number of methoxy groups -OCH3 is 2. The van der Waals surface area contributed by atoms with E-state index in [1.54, 1.807) is 13.3 Å². The van der Waals surface area contributed by atoms with Crippen LogP contribution in [0.5, 0.6) is 11.9 Å². The third-order valence-electron chi connectivity index (χ3n) is 4.25. The van der Waals surface area contributed by atoms with Gasteiger partial charge in [-0.3, -0.25) is 0 Å². The van der Waals surface area contributed by atoms with Crippen LogP contribution in [0.15, 0.2) is 12.3 Å². The van der Waals surface area contributed by atoms with E-state index in [9.17, 15) is 0 Å². The van der Waals surface area contributed by atoms with Gasteiger partial charge in [0.2, 0.25) is 5.88 Å². The lowest BCUT2D eigenvalue weighted by Gasteiger charge is -2.10. The number of rotatable bonds is 5. The molecule has 0 N–H and O–H groups in total. The first kappa shape index (κ1) is 14.7. The summed E-state index contributed by atoms with van der Waals surface area (Å²) in [5.74, 6) is 1.81. The molecule has 0 radical (unpaired) electrons. The van der Waals surface area contributed by atoms with Crippen molar-refractivity contribution in [2.24, 2.45) is 5.92 Å². The van der Waals surface area contributed by atoms with Gasteiger partial charge in [0.15, 0.2) is 0 Å². The fourth-order valence-corrected chi connectivity index (χ4v) is 2.83. The summed E-state index contributed by atoms with van der Waals surface area (Å²) in [6.45, 7) is 4.24. The van der Waals surface area contributed by atoms with Crippen LogP contribution in [0.3, 0.4) is 0 Å². The summed E-state index contributed by atoms with van der Waals surface area (Å²) in [6.07, 6.45) is 4.10. The van der Waals surface area contributed by atoms with Crippen molar-refractivity contribution in [1.29, 1.82) is 0 Å². The number of hydrogen-bond acceptors (Lipinski definition) is 6. The smallest absolute Gasteiger partial charge is 0.319 e. The Kier molecular flexibility index (Phi) is 3.92. The van der Waals surface area contributed by atoms with Crippen LogP contribution in [0.25, 0.3) is 11.3 Å². The Labute approximate surface area is 129 Å². The zero-order valence-corrected chi connectivity index (χ0v) is 13.3. The molecule has 2 aromatic heterocycles. The second-order valence-electron chi connectivity index (χ2n) is 5.56. The van der Waals surface area contributed by atoms with Gasteiger partial charge in [-0.15, -0.1) is 5.10 Å². The highest BCUT2D eigenvalue weighted by atomic mass is 16.5. The molecule has 0 aromatic carbocycles. The highest BCUT2D eigenvalue weighted by Gasteiger charge is 2.38. The molecule has 116 valence electrons. The molecule has 1 aliphatic carbocycles. The largest absolute Gasteiger partial charge is 0.480 e. The van der Waals surface area contributed by atoms with Crippen LogP contribution in [0.4, 0.5) is 0 Å². The summed E-state index contributed by atoms with van der Waals surface area (Å²) in [6, 6.07) is 2.37. The maximum atomic E-state index is 5.33. The molecule has 6 heteroatoms. The van der Waals surface area contributed by atoms with E-state index in [0.29, 0.717) is 11.8 Å². The lowest BCUT2D eigenvalue weighted by molar-refractivity contribution is 0.353. The number of nitrogens with zero attached hydrogens (tertiary/aromatic N) is 4. The molecule has 2 heterocycles. The Balaban J connectivity index is 2.00. The first-order valence-electron chi connectivity index (χ1n) is 7.47. The van der Waals surface area contributed by atoms with Gasteiger partial charge in [-0.05, 0) is 36.8 Å². The highest BCUT2D eigenvalue weighted by Crippen LogP contribution is 2.50. The molecule has 0 saturated heterocycles. The van der Waals surface area contributed by atoms with Crippen molar-refractivity contribution in [1.82, 2.24) is 20.2 Å². The fraction of sp³-hybridized carbons (Fsp3) is 0.500. The van der Waals surface area contributed by atoms with Crippen molar-refractivity contribution in [3.05, 3.63) is 23.5 Å². The molecule has 0 unspecified atom stereocenters. The first-order valence-corrected chi connectivity index (χ1v) is 7.47. The molecule has 0 spiro atoms. The third kappa shape index (κ3) is 2.61. The summed E-state index contributed by atoms with van der Waals surface area (Å²) in [7, 11) is 3.10. The molecule has 1 saturated carbocycles. The van der Waals surface area contributed by atoms with E-state index in [1.807, 2.05) is 6.92 Å². The first-order chi connectivity index (χ1) is 10.7. The number of hydrogen-bond donors (Lipinski definition) is 0. The van der Waals surface area contributed by atoms with Crippen LogP contribution in [-0.4, -0.2) is 34.4 Å². The Morgan fingerprint density at radius 1 is 1.23 bits per heavy atom. The second kappa shape index (κ2) is 5.87. The minimum absolute atomic E-state index is 0.272. The van der Waals surface area contributed by atoms with Gasteiger partial charge < -0.3 is 9.47 Å². The molecule has 6 nitrogen and oxygen atoms in total. The van der Waals surface area contributed by atoms with Gasteiger partial charge in [-0.1, -0.05) is 13.3 Å². The summed E-state index contributed by atoms with van der Waals surface area (Å²) >= 11 is 0. The molecular formula is C16H20N4O2. The average Bonchev–Trinajstić information content (AvgIpc) is 3.34. The molecule has 2 atom stereocenters. The van der Waals surface area contributed by atoms with Gasteiger partial charge in [-0.2, -0.15) is 10.1 Å². The lowest BCUT2D eigenvalue weighted by Crippen LogP contribution is -2.01. The Hall–Kier alpha value is -2.24. The average molecular weight is 300 g/mol. The predicted molar refractivity (Wildman–Crippen MR) is 82.0 cm³/mol. The number of aromatic nitrogens is 4. The van der Waals surface area contributed by atoms with Gasteiger partial charge in [0.05, 0.1) is 25.5 Å². The van der Waals surface area contributed by atoms with Gasteiger partial charge in [0.25, 0.3) is 0 Å². The number of ether oxygens (including phenoxy) is 2. The molecule has 1 fully saturated rings. The maximum Gasteiger partial charge on any atom is 0.319 e. The standard InChI is InChI=1S/C16H20N4O2/c1-5-10-6-12(10)11-7-14(20-19-9(11)2)13-8-17-16(22-4)18-15(13)21-3/h7-8,10,12H,5-6H2,1-4H3/t10-,12-/m0/s1. The lowest BCUT2D eigenvalue weighted by atomic mass is 10.0. The predicted octanol–water partition coefficient (Wildman–Crippen LogP) is 2.77. The molecule has 0 aliphatic heterocycles. The summed E-state index contributed by atoms with van der Waals surface area (Å²) in [4.78, 5) is 8.35. The van der Waals surface area contributed by atoms with Crippen molar-refractivity contribution in [3.63, 3.8) is 0 Å². The molecule has 2 aromatic rings. The Bertz CT molecular complexity index is 690. The van der Waals surface area contributed by atoms with Crippen LogP contribution in [0.2, 0.25) is 0 Å². The summed E-state index contributed by atoms with van der Waals surface area (Å²) in [5, 5.41) is 8.59. The minimum atomic E-state index is 0.272. The van der Waals surface area contributed by atoms with Crippen LogP contribution in [-0.2, 0) is 0 Å². The van der Waals surface area contributed by atoms with Crippen LogP contribution in [0, 0.1) is 12.8 Å².